The highest BCUT2D eigenvalue weighted by Gasteiger charge is 2.43. The number of carbonyl (C=O) groups excluding carboxylic acids is 3. The van der Waals surface area contributed by atoms with Gasteiger partial charge in [0.05, 0.1) is 25.9 Å². The van der Waals surface area contributed by atoms with E-state index >= 15 is 0 Å². The van der Waals surface area contributed by atoms with Gasteiger partial charge in [-0.25, -0.2) is 4.79 Å². The first kappa shape index (κ1) is 39.1. The minimum Gasteiger partial charge on any atom is -0.493 e. The summed E-state index contributed by atoms with van der Waals surface area (Å²) in [4.78, 5) is 40.1. The number of nitrogens with zero attached hydrogens (tertiary/aromatic N) is 1. The van der Waals surface area contributed by atoms with E-state index in [4.69, 9.17) is 29.4 Å². The van der Waals surface area contributed by atoms with E-state index < -0.39 is 17.4 Å². The van der Waals surface area contributed by atoms with E-state index in [0.717, 1.165) is 18.4 Å². The van der Waals surface area contributed by atoms with Crippen molar-refractivity contribution in [3.05, 3.63) is 23.8 Å². The van der Waals surface area contributed by atoms with E-state index in [-0.39, 0.29) is 53.4 Å². The van der Waals surface area contributed by atoms with Crippen LogP contribution in [0.15, 0.2) is 18.2 Å². The van der Waals surface area contributed by atoms with Gasteiger partial charge in [-0.15, -0.1) is 0 Å². The lowest BCUT2D eigenvalue weighted by Crippen LogP contribution is -2.43. The van der Waals surface area contributed by atoms with Gasteiger partial charge >= 0.3 is 6.09 Å². The van der Waals surface area contributed by atoms with Gasteiger partial charge in [-0.2, -0.15) is 0 Å². The number of halogens is 1. The zero-order valence-electron chi connectivity index (χ0n) is 28.4. The highest BCUT2D eigenvalue weighted by Crippen LogP contribution is 2.36. The molecule has 1 aromatic rings. The monoisotopic (exact) mass is 746 g/mol. The molecule has 4 atom stereocenters. The van der Waals surface area contributed by atoms with E-state index in [1.54, 1.807) is 33.0 Å². The summed E-state index contributed by atoms with van der Waals surface area (Å²) in [5, 5.41) is 0. The quantitative estimate of drug-likeness (QED) is 0.0925. The lowest BCUT2D eigenvalue weighted by Gasteiger charge is -2.33. The third kappa shape index (κ3) is 11.9. The average Bonchev–Trinajstić information content (AvgIpc) is 3.38. The molecule has 1 heterocycles. The van der Waals surface area contributed by atoms with Crippen LogP contribution in [0.3, 0.4) is 0 Å². The standard InChI is InChI=1S/C34H55IN2O8/c1-22(2)25(16-24-10-11-29(42-8)31(17-24)43-15-9-14-41-7)18-27-30(45-21-37(27)33(40)44-20-35)19-26(23(3)4)28(38)12-13-34(5,6)32(36)39/h10-11,17,22-23,25-27,30H,9,12-16,18-21H2,1-8H3,(H2,36,39)/t25-,26-,27-,30-/m0/s1. The summed E-state index contributed by atoms with van der Waals surface area (Å²) in [5.41, 5.74) is 5.91. The first-order valence-corrected chi connectivity index (χ1v) is 17.5. The molecule has 10 nitrogen and oxygen atoms in total. The van der Waals surface area contributed by atoms with Crippen molar-refractivity contribution in [1.82, 2.24) is 4.90 Å². The number of ether oxygens (including phenoxy) is 5. The largest absolute Gasteiger partial charge is 0.493 e. The average molecular weight is 747 g/mol. The number of nitrogens with two attached hydrogens (primary N) is 1. The number of carbonyl (C=O) groups is 3. The molecule has 1 saturated heterocycles. The van der Waals surface area contributed by atoms with E-state index in [1.165, 1.54) is 0 Å². The molecular weight excluding hydrogens is 691 g/mol. The number of methoxy groups -OCH3 is 2. The maximum absolute atomic E-state index is 13.5. The molecule has 0 aromatic heterocycles. The van der Waals surface area contributed by atoms with Crippen molar-refractivity contribution in [2.24, 2.45) is 34.8 Å². The predicted octanol–water partition coefficient (Wildman–Crippen LogP) is 6.39. The first-order valence-electron chi connectivity index (χ1n) is 16.0. The molecule has 2 amide bonds. The molecule has 0 radical (unpaired) electrons. The Morgan fingerprint density at radius 2 is 1.78 bits per heavy atom. The molecule has 0 bridgehead atoms. The SMILES string of the molecule is COCCCOc1cc(C[C@@H](C[C@H]2[C@H](C[C@H](C(=O)CCC(C)(C)C(N)=O)C(C)C)OCN2C(=O)OCI)C(C)C)ccc1OC. The fourth-order valence-corrected chi connectivity index (χ4v) is 5.99. The molecule has 45 heavy (non-hydrogen) atoms. The van der Waals surface area contributed by atoms with E-state index in [0.29, 0.717) is 49.9 Å². The van der Waals surface area contributed by atoms with Gasteiger partial charge in [0.2, 0.25) is 5.91 Å². The van der Waals surface area contributed by atoms with Crippen molar-refractivity contribution in [1.29, 1.82) is 0 Å². The molecule has 1 aromatic carbocycles. The Balaban J connectivity index is 2.29. The first-order chi connectivity index (χ1) is 21.2. The number of hydrogen-bond acceptors (Lipinski definition) is 8. The van der Waals surface area contributed by atoms with E-state index in [9.17, 15) is 14.4 Å². The van der Waals surface area contributed by atoms with Gasteiger partial charge in [-0.05, 0) is 83.7 Å². The topological polar surface area (TPSA) is 127 Å². The molecule has 1 aliphatic rings. The van der Waals surface area contributed by atoms with Gasteiger partial charge < -0.3 is 29.4 Å². The minimum absolute atomic E-state index is 0.0660. The van der Waals surface area contributed by atoms with Crippen LogP contribution in [-0.2, 0) is 30.2 Å². The van der Waals surface area contributed by atoms with Gasteiger partial charge in [-0.1, -0.05) is 47.6 Å². The maximum Gasteiger partial charge on any atom is 0.412 e. The van der Waals surface area contributed by atoms with Crippen LogP contribution in [0.25, 0.3) is 0 Å². The lowest BCUT2D eigenvalue weighted by atomic mass is 9.78. The van der Waals surface area contributed by atoms with Crippen molar-refractivity contribution in [2.45, 2.75) is 92.2 Å². The highest BCUT2D eigenvalue weighted by molar-refractivity contribution is 14.1. The van der Waals surface area contributed by atoms with Crippen LogP contribution >= 0.6 is 22.6 Å². The number of alkyl halides is 1. The molecule has 2 N–H and O–H groups in total. The van der Waals surface area contributed by atoms with Gasteiger partial charge in [-0.3, -0.25) is 14.5 Å². The van der Waals surface area contributed by atoms with Crippen LogP contribution in [0, 0.1) is 29.1 Å². The predicted molar refractivity (Wildman–Crippen MR) is 183 cm³/mol. The number of benzene rings is 1. The minimum atomic E-state index is -0.760. The summed E-state index contributed by atoms with van der Waals surface area (Å²) in [6.07, 6.45) is 2.62. The Kier molecular flexibility index (Phi) is 16.4. The number of rotatable bonds is 20. The number of primary amides is 1. The summed E-state index contributed by atoms with van der Waals surface area (Å²) >= 11 is 2.02. The molecule has 0 unspecified atom stereocenters. The molecule has 11 heteroatoms. The fraction of sp³-hybridized carbons (Fsp3) is 0.735. The van der Waals surface area contributed by atoms with Crippen molar-refractivity contribution < 1.29 is 38.1 Å². The Bertz CT molecular complexity index is 1100. The number of Topliss-reactive ketones (excluding diaryl/α,β-unsaturated/α-hetero) is 1. The second-order valence-corrected chi connectivity index (χ2v) is 13.9. The van der Waals surface area contributed by atoms with Crippen LogP contribution in [0.4, 0.5) is 4.79 Å². The van der Waals surface area contributed by atoms with Crippen LogP contribution in [-0.4, -0.2) is 73.6 Å². The molecule has 1 aliphatic heterocycles. The van der Waals surface area contributed by atoms with Crippen molar-refractivity contribution in [3.63, 3.8) is 0 Å². The lowest BCUT2D eigenvalue weighted by molar-refractivity contribution is -0.128. The molecular formula is C34H55IN2O8. The van der Waals surface area contributed by atoms with Crippen LogP contribution in [0.5, 0.6) is 11.5 Å². The summed E-state index contributed by atoms with van der Waals surface area (Å²) in [7, 11) is 3.30. The Morgan fingerprint density at radius 1 is 1.07 bits per heavy atom. The summed E-state index contributed by atoms with van der Waals surface area (Å²) in [6.45, 7) is 13.2. The van der Waals surface area contributed by atoms with E-state index in [2.05, 4.69) is 19.9 Å². The molecule has 0 saturated carbocycles. The zero-order valence-corrected chi connectivity index (χ0v) is 30.6. The second-order valence-electron chi connectivity index (χ2n) is 13.3. The van der Waals surface area contributed by atoms with Crippen molar-refractivity contribution in [2.75, 3.05) is 38.8 Å². The maximum atomic E-state index is 13.5. The van der Waals surface area contributed by atoms with Crippen LogP contribution in [0.1, 0.15) is 79.2 Å². The Morgan fingerprint density at radius 3 is 2.36 bits per heavy atom. The van der Waals surface area contributed by atoms with E-state index in [1.807, 2.05) is 48.6 Å². The summed E-state index contributed by atoms with van der Waals surface area (Å²) < 4.78 is 28.6. The molecule has 2 rings (SSSR count). The number of ketones is 1. The number of hydrogen-bond donors (Lipinski definition) is 1. The third-order valence-corrected chi connectivity index (χ3v) is 9.31. The fourth-order valence-electron chi connectivity index (χ4n) is 5.73. The molecule has 1 fully saturated rings. The Labute approximate surface area is 283 Å². The molecule has 0 spiro atoms. The number of amides is 2. The normalized spacial score (nSPS) is 18.2. The van der Waals surface area contributed by atoms with Gasteiger partial charge in [0.15, 0.2) is 11.5 Å². The van der Waals surface area contributed by atoms with Crippen LogP contribution < -0.4 is 15.2 Å². The second kappa shape index (κ2) is 18.9. The van der Waals surface area contributed by atoms with Gasteiger partial charge in [0.1, 0.15) is 17.1 Å². The summed E-state index contributed by atoms with van der Waals surface area (Å²) in [6, 6.07) is 5.77. The van der Waals surface area contributed by atoms with Gasteiger partial charge in [0, 0.05) is 37.9 Å². The van der Waals surface area contributed by atoms with Crippen molar-refractivity contribution >= 4 is 40.4 Å². The smallest absolute Gasteiger partial charge is 0.412 e. The highest BCUT2D eigenvalue weighted by atomic mass is 127. The third-order valence-electron chi connectivity index (χ3n) is 9.00. The van der Waals surface area contributed by atoms with Crippen molar-refractivity contribution in [3.8, 4) is 11.5 Å². The summed E-state index contributed by atoms with van der Waals surface area (Å²) in [5.74, 6) is 1.34. The molecule has 256 valence electrons. The van der Waals surface area contributed by atoms with Crippen LogP contribution in [0.2, 0.25) is 0 Å². The van der Waals surface area contributed by atoms with Gasteiger partial charge in [0.25, 0.3) is 0 Å². The zero-order chi connectivity index (χ0) is 33.7. The molecule has 0 aliphatic carbocycles. The Hall–Kier alpha value is -2.12.